The van der Waals surface area contributed by atoms with Crippen molar-refractivity contribution < 1.29 is 14.5 Å². The standard InChI is InChI=1S/C13H14N2O2/c1-3-17-13(16)14-15-9-8-11-6-4-5-7-12(11)10(15)2/h4-9H,3H2,1-2H3. The highest BCUT2D eigenvalue weighted by molar-refractivity contribution is 5.83. The molecule has 0 fully saturated rings. The minimum atomic E-state index is -0.573. The van der Waals surface area contributed by atoms with Crippen LogP contribution < -0.4 is 9.78 Å². The molecule has 1 heterocycles. The van der Waals surface area contributed by atoms with Crippen LogP contribution in [-0.4, -0.2) is 12.7 Å². The predicted octanol–water partition coefficient (Wildman–Crippen LogP) is 0.952. The summed E-state index contributed by atoms with van der Waals surface area (Å²) in [4.78, 5) is 0. The van der Waals surface area contributed by atoms with Crippen LogP contribution in [0.15, 0.2) is 41.6 Å². The third-order valence-electron chi connectivity index (χ3n) is 2.55. The first-order valence-electron chi connectivity index (χ1n) is 5.51. The van der Waals surface area contributed by atoms with Gasteiger partial charge < -0.3 is 9.84 Å². The molecule has 4 nitrogen and oxygen atoms in total. The number of hydrogen-bond donors (Lipinski definition) is 0. The van der Waals surface area contributed by atoms with Crippen LogP contribution in [-0.2, 0) is 4.74 Å². The number of rotatable bonds is 2. The molecule has 2 rings (SSSR count). The summed E-state index contributed by atoms with van der Waals surface area (Å²) in [5.74, 6) is 0. The lowest BCUT2D eigenvalue weighted by Crippen LogP contribution is -2.37. The van der Waals surface area contributed by atoms with E-state index in [1.807, 2.05) is 37.3 Å². The molecule has 0 bridgehead atoms. The molecule has 88 valence electrons. The summed E-state index contributed by atoms with van der Waals surface area (Å²) in [5, 5.41) is 17.3. The van der Waals surface area contributed by atoms with Gasteiger partial charge in [-0.25, -0.2) is 0 Å². The van der Waals surface area contributed by atoms with Gasteiger partial charge in [0.2, 0.25) is 18.0 Å². The zero-order chi connectivity index (χ0) is 12.3. The first-order chi connectivity index (χ1) is 8.22. The monoisotopic (exact) mass is 230 g/mol. The number of ether oxygens (including phenoxy) is 1. The Bertz CT molecular complexity index is 564. The van der Waals surface area contributed by atoms with E-state index in [9.17, 15) is 5.11 Å². The topological polar surface area (TPSA) is 48.5 Å². The largest absolute Gasteiger partial charge is 0.596 e. The van der Waals surface area contributed by atoms with E-state index in [0.717, 1.165) is 16.5 Å². The Kier molecular flexibility index (Phi) is 3.23. The van der Waals surface area contributed by atoms with Gasteiger partial charge >= 0.3 is 0 Å². The summed E-state index contributed by atoms with van der Waals surface area (Å²) in [6.45, 7) is 4.01. The highest BCUT2D eigenvalue weighted by Gasteiger charge is 2.09. The maximum Gasteiger partial charge on any atom is 0.222 e. The van der Waals surface area contributed by atoms with Gasteiger partial charge in [0.25, 0.3) is 0 Å². The number of hydrogen-bond acceptors (Lipinski definition) is 3. The second kappa shape index (κ2) is 4.82. The van der Waals surface area contributed by atoms with E-state index in [-0.39, 0.29) is 0 Å². The van der Waals surface area contributed by atoms with Crippen LogP contribution in [0.25, 0.3) is 10.8 Å². The van der Waals surface area contributed by atoms with Crippen LogP contribution in [0.1, 0.15) is 12.6 Å². The van der Waals surface area contributed by atoms with Crippen LogP contribution in [0.2, 0.25) is 0 Å². The Balaban J connectivity index is 2.49. The minimum Gasteiger partial charge on any atom is -0.596 e. The lowest BCUT2D eigenvalue weighted by molar-refractivity contribution is -0.687. The fourth-order valence-corrected chi connectivity index (χ4v) is 1.71. The molecule has 0 amide bonds. The molecule has 0 radical (unpaired) electrons. The van der Waals surface area contributed by atoms with Crippen molar-refractivity contribution in [2.45, 2.75) is 13.8 Å². The number of nitrogens with zero attached hydrogens (tertiary/aromatic N) is 2. The summed E-state index contributed by atoms with van der Waals surface area (Å²) in [7, 11) is 0. The molecule has 0 atom stereocenters. The molecule has 1 aromatic carbocycles. The Morgan fingerprint density at radius 3 is 2.88 bits per heavy atom. The zero-order valence-corrected chi connectivity index (χ0v) is 9.88. The van der Waals surface area contributed by atoms with Crippen molar-refractivity contribution in [2.75, 3.05) is 6.61 Å². The highest BCUT2D eigenvalue weighted by atomic mass is 16.6. The lowest BCUT2D eigenvalue weighted by Gasteiger charge is -2.07. The van der Waals surface area contributed by atoms with Gasteiger partial charge in [-0.2, -0.15) is 0 Å². The van der Waals surface area contributed by atoms with Gasteiger partial charge in [0.15, 0.2) is 0 Å². The van der Waals surface area contributed by atoms with Crippen molar-refractivity contribution in [2.24, 2.45) is 5.10 Å². The molecule has 1 aromatic heterocycles. The average molecular weight is 230 g/mol. The van der Waals surface area contributed by atoms with Crippen molar-refractivity contribution in [3.8, 4) is 0 Å². The lowest BCUT2D eigenvalue weighted by atomic mass is 10.1. The molecule has 0 aliphatic rings. The second-order valence-corrected chi connectivity index (χ2v) is 3.63. The third-order valence-corrected chi connectivity index (χ3v) is 2.55. The molecule has 0 unspecified atom stereocenters. The van der Waals surface area contributed by atoms with E-state index in [2.05, 4.69) is 5.10 Å². The second-order valence-electron chi connectivity index (χ2n) is 3.63. The van der Waals surface area contributed by atoms with Gasteiger partial charge in [-0.3, -0.25) is 0 Å². The summed E-state index contributed by atoms with van der Waals surface area (Å²) < 4.78 is 6.33. The molecule has 0 aliphatic carbocycles. The molecule has 4 heteroatoms. The molecule has 0 spiro atoms. The van der Waals surface area contributed by atoms with E-state index in [1.165, 1.54) is 0 Å². The molecule has 0 saturated carbocycles. The van der Waals surface area contributed by atoms with Crippen molar-refractivity contribution in [1.29, 1.82) is 0 Å². The number of benzene rings is 1. The van der Waals surface area contributed by atoms with E-state index in [4.69, 9.17) is 4.74 Å². The van der Waals surface area contributed by atoms with Gasteiger partial charge in [-0.15, -0.1) is 0 Å². The van der Waals surface area contributed by atoms with Crippen molar-refractivity contribution in [3.63, 3.8) is 0 Å². The van der Waals surface area contributed by atoms with E-state index in [0.29, 0.717) is 6.61 Å². The van der Waals surface area contributed by atoms with Crippen LogP contribution in [0.5, 0.6) is 0 Å². The quantitative estimate of drug-likeness (QED) is 0.438. The Hall–Kier alpha value is -2.10. The summed E-state index contributed by atoms with van der Waals surface area (Å²) in [5.41, 5.74) is 0.913. The van der Waals surface area contributed by atoms with Crippen LogP contribution in [0.4, 0.5) is 0 Å². The smallest absolute Gasteiger partial charge is 0.222 e. The highest BCUT2D eigenvalue weighted by Crippen LogP contribution is 2.13. The van der Waals surface area contributed by atoms with Gasteiger partial charge in [-0.1, -0.05) is 29.8 Å². The third kappa shape index (κ3) is 2.36. The first-order valence-corrected chi connectivity index (χ1v) is 5.51. The van der Waals surface area contributed by atoms with E-state index >= 15 is 0 Å². The van der Waals surface area contributed by atoms with Crippen molar-refractivity contribution >= 4 is 16.9 Å². The van der Waals surface area contributed by atoms with Crippen molar-refractivity contribution in [1.82, 2.24) is 0 Å². The average Bonchev–Trinajstić information content (AvgIpc) is 2.33. The van der Waals surface area contributed by atoms with Crippen LogP contribution in [0, 0.1) is 6.92 Å². The van der Waals surface area contributed by atoms with Gasteiger partial charge in [0.1, 0.15) is 0 Å². The fraction of sp³-hybridized carbons (Fsp3) is 0.231. The summed E-state index contributed by atoms with van der Waals surface area (Å²) in [6.07, 6.45) is 1.19. The zero-order valence-electron chi connectivity index (χ0n) is 9.88. The Morgan fingerprint density at radius 1 is 1.35 bits per heavy atom. The van der Waals surface area contributed by atoms with E-state index in [1.54, 1.807) is 17.8 Å². The van der Waals surface area contributed by atoms with Crippen LogP contribution >= 0.6 is 0 Å². The van der Waals surface area contributed by atoms with E-state index < -0.39 is 6.08 Å². The van der Waals surface area contributed by atoms with Crippen molar-refractivity contribution in [3.05, 3.63) is 42.2 Å². The molecular weight excluding hydrogens is 216 g/mol. The van der Waals surface area contributed by atoms with Gasteiger partial charge in [0.05, 0.1) is 5.39 Å². The number of aromatic nitrogens is 1. The molecule has 17 heavy (non-hydrogen) atoms. The number of fused-ring (bicyclic) bond motifs is 1. The summed E-state index contributed by atoms with van der Waals surface area (Å²) >= 11 is 0. The Morgan fingerprint density at radius 2 is 2.12 bits per heavy atom. The summed E-state index contributed by atoms with van der Waals surface area (Å²) in [6, 6.07) is 9.89. The van der Waals surface area contributed by atoms with Gasteiger partial charge in [-0.05, 0) is 18.1 Å². The first kappa shape index (κ1) is 11.4. The fourth-order valence-electron chi connectivity index (χ4n) is 1.71. The van der Waals surface area contributed by atoms with Crippen LogP contribution in [0.3, 0.4) is 0 Å². The number of pyridine rings is 1. The molecular formula is C13H14N2O2. The Labute approximate surface area is 99.8 Å². The minimum absolute atomic E-state index is 0.329. The normalized spacial score (nSPS) is 11.8. The predicted molar refractivity (Wildman–Crippen MR) is 63.3 cm³/mol. The SMILES string of the molecule is CCO/C([O-])=N/[n+]1ccc2ccccc2c1C. The molecule has 0 saturated heterocycles. The maximum absolute atomic E-state index is 11.3. The van der Waals surface area contributed by atoms with Gasteiger partial charge in [0, 0.05) is 18.1 Å². The number of aryl methyl sites for hydroxylation is 1. The molecule has 2 aromatic rings. The molecule has 0 aliphatic heterocycles. The maximum atomic E-state index is 11.3. The molecule has 0 N–H and O–H groups in total.